The van der Waals surface area contributed by atoms with E-state index in [4.69, 9.17) is 4.74 Å². The van der Waals surface area contributed by atoms with E-state index in [0.29, 0.717) is 29.8 Å². The van der Waals surface area contributed by atoms with E-state index in [0.717, 1.165) is 11.8 Å². The number of alkyl halides is 2. The van der Waals surface area contributed by atoms with Crippen molar-refractivity contribution in [1.82, 2.24) is 14.1 Å². The van der Waals surface area contributed by atoms with Crippen molar-refractivity contribution >= 4 is 10.0 Å². The van der Waals surface area contributed by atoms with E-state index in [1.807, 2.05) is 12.1 Å². The van der Waals surface area contributed by atoms with Crippen molar-refractivity contribution in [1.29, 1.82) is 0 Å². The number of aromatic nitrogens is 2. The van der Waals surface area contributed by atoms with Crippen LogP contribution in [0.3, 0.4) is 0 Å². The van der Waals surface area contributed by atoms with Gasteiger partial charge in [-0.3, -0.25) is 0 Å². The van der Waals surface area contributed by atoms with Crippen molar-refractivity contribution < 1.29 is 21.9 Å². The molecule has 1 saturated heterocycles. The van der Waals surface area contributed by atoms with E-state index < -0.39 is 16.6 Å². The number of ether oxygens (including phenoxy) is 1. The lowest BCUT2D eigenvalue weighted by Gasteiger charge is -2.24. The molecule has 0 radical (unpaired) electrons. The average Bonchev–Trinajstić information content (AvgIpc) is 3.22. The standard InChI is InChI=1S/C16H19F2N3O3S/c1-11-15(10-19-21(11)16(17)18)25(22,23)20-9-3-4-14(20)12-5-7-13(24-2)8-6-12/h5-8,10,14,16H,3-4,9H2,1-2H3. The average molecular weight is 371 g/mol. The molecule has 0 aliphatic carbocycles. The quantitative estimate of drug-likeness (QED) is 0.810. The summed E-state index contributed by atoms with van der Waals surface area (Å²) in [5, 5.41) is 3.52. The summed E-state index contributed by atoms with van der Waals surface area (Å²) in [6.07, 6.45) is 2.38. The molecule has 1 aromatic heterocycles. The second-order valence-electron chi connectivity index (χ2n) is 5.86. The van der Waals surface area contributed by atoms with Crippen LogP contribution in [0.2, 0.25) is 0 Å². The summed E-state index contributed by atoms with van der Waals surface area (Å²) in [6.45, 7) is -1.19. The lowest BCUT2D eigenvalue weighted by Crippen LogP contribution is -2.31. The molecule has 1 fully saturated rings. The molecule has 3 rings (SSSR count). The van der Waals surface area contributed by atoms with Crippen LogP contribution in [-0.2, 0) is 10.0 Å². The number of halogens is 2. The molecule has 1 aliphatic rings. The minimum Gasteiger partial charge on any atom is -0.497 e. The summed E-state index contributed by atoms with van der Waals surface area (Å²) in [5.74, 6) is 0.685. The summed E-state index contributed by atoms with van der Waals surface area (Å²) in [4.78, 5) is -0.173. The van der Waals surface area contributed by atoms with Crippen LogP contribution < -0.4 is 4.74 Å². The highest BCUT2D eigenvalue weighted by Crippen LogP contribution is 2.37. The zero-order valence-corrected chi connectivity index (χ0v) is 14.7. The van der Waals surface area contributed by atoms with E-state index in [1.54, 1.807) is 19.2 Å². The van der Waals surface area contributed by atoms with Crippen LogP contribution in [0.25, 0.3) is 0 Å². The summed E-state index contributed by atoms with van der Waals surface area (Å²) < 4.78 is 58.7. The van der Waals surface area contributed by atoms with E-state index in [1.165, 1.54) is 11.2 Å². The third-order valence-corrected chi connectivity index (χ3v) is 6.49. The van der Waals surface area contributed by atoms with Gasteiger partial charge in [-0.2, -0.15) is 18.2 Å². The maximum absolute atomic E-state index is 13.0. The van der Waals surface area contributed by atoms with Crippen molar-refractivity contribution in [2.75, 3.05) is 13.7 Å². The highest BCUT2D eigenvalue weighted by atomic mass is 32.2. The summed E-state index contributed by atoms with van der Waals surface area (Å²) >= 11 is 0. The van der Waals surface area contributed by atoms with Gasteiger partial charge in [0.15, 0.2) is 0 Å². The lowest BCUT2D eigenvalue weighted by molar-refractivity contribution is 0.0541. The van der Waals surface area contributed by atoms with Crippen molar-refractivity contribution in [2.24, 2.45) is 0 Å². The zero-order chi connectivity index (χ0) is 18.2. The number of hydrogen-bond donors (Lipinski definition) is 0. The van der Waals surface area contributed by atoms with Crippen molar-refractivity contribution in [2.45, 2.75) is 37.3 Å². The normalized spacial score (nSPS) is 18.8. The molecular formula is C16H19F2N3O3S. The van der Waals surface area contributed by atoms with Gasteiger partial charge < -0.3 is 4.74 Å². The van der Waals surface area contributed by atoms with Gasteiger partial charge in [-0.05, 0) is 37.5 Å². The van der Waals surface area contributed by atoms with Crippen LogP contribution in [-0.4, -0.2) is 36.2 Å². The van der Waals surface area contributed by atoms with Crippen LogP contribution in [0.4, 0.5) is 8.78 Å². The van der Waals surface area contributed by atoms with Crippen molar-refractivity contribution in [3.63, 3.8) is 0 Å². The van der Waals surface area contributed by atoms with E-state index in [9.17, 15) is 17.2 Å². The third kappa shape index (κ3) is 3.13. The first-order valence-electron chi connectivity index (χ1n) is 7.84. The predicted octanol–water partition coefficient (Wildman–Crippen LogP) is 3.12. The third-order valence-electron chi connectivity index (χ3n) is 4.48. The first kappa shape index (κ1) is 17.8. The van der Waals surface area contributed by atoms with E-state index in [-0.39, 0.29) is 16.6 Å². The van der Waals surface area contributed by atoms with Gasteiger partial charge in [0, 0.05) is 6.54 Å². The maximum Gasteiger partial charge on any atom is 0.333 e. The Morgan fingerprint density at radius 1 is 1.28 bits per heavy atom. The van der Waals surface area contributed by atoms with Gasteiger partial charge in [0.2, 0.25) is 10.0 Å². The number of nitrogens with zero attached hydrogens (tertiary/aromatic N) is 3. The Morgan fingerprint density at radius 2 is 1.96 bits per heavy atom. The Labute approximate surface area is 145 Å². The zero-order valence-electron chi connectivity index (χ0n) is 13.9. The second kappa shape index (κ2) is 6.72. The largest absolute Gasteiger partial charge is 0.497 e. The molecule has 1 aliphatic heterocycles. The Morgan fingerprint density at radius 3 is 2.52 bits per heavy atom. The Bertz CT molecular complexity index is 850. The van der Waals surface area contributed by atoms with Crippen LogP contribution >= 0.6 is 0 Å². The molecule has 0 bridgehead atoms. The van der Waals surface area contributed by atoms with Crippen LogP contribution in [0.15, 0.2) is 35.4 Å². The van der Waals surface area contributed by atoms with E-state index in [2.05, 4.69) is 5.10 Å². The van der Waals surface area contributed by atoms with E-state index >= 15 is 0 Å². The number of methoxy groups -OCH3 is 1. The minimum atomic E-state index is -3.91. The molecule has 0 amide bonds. The summed E-state index contributed by atoms with van der Waals surface area (Å²) in [5.41, 5.74) is 0.788. The molecule has 1 aromatic carbocycles. The van der Waals surface area contributed by atoms with Gasteiger partial charge in [-0.1, -0.05) is 12.1 Å². The van der Waals surface area contributed by atoms with Gasteiger partial charge in [-0.25, -0.2) is 13.1 Å². The Balaban J connectivity index is 1.95. The number of sulfonamides is 1. The SMILES string of the molecule is COc1ccc(C2CCCN2S(=O)(=O)c2cnn(C(F)F)c2C)cc1. The smallest absolute Gasteiger partial charge is 0.333 e. The van der Waals surface area contributed by atoms with Crippen LogP contribution in [0.1, 0.15) is 36.7 Å². The fourth-order valence-corrected chi connectivity index (χ4v) is 5.00. The molecule has 0 saturated carbocycles. The number of hydrogen-bond acceptors (Lipinski definition) is 4. The summed E-state index contributed by atoms with van der Waals surface area (Å²) in [7, 11) is -2.35. The van der Waals surface area contributed by atoms with Crippen LogP contribution in [0, 0.1) is 6.92 Å². The van der Waals surface area contributed by atoms with Gasteiger partial charge >= 0.3 is 6.55 Å². The maximum atomic E-state index is 13.0. The first-order valence-corrected chi connectivity index (χ1v) is 9.28. The fourth-order valence-electron chi connectivity index (χ4n) is 3.17. The van der Waals surface area contributed by atoms with Crippen molar-refractivity contribution in [3.05, 3.63) is 41.7 Å². The topological polar surface area (TPSA) is 64.4 Å². The molecule has 9 heteroatoms. The van der Waals surface area contributed by atoms with Gasteiger partial charge in [0.25, 0.3) is 0 Å². The molecular weight excluding hydrogens is 352 g/mol. The predicted molar refractivity (Wildman–Crippen MR) is 87.1 cm³/mol. The van der Waals surface area contributed by atoms with Crippen molar-refractivity contribution in [3.8, 4) is 5.75 Å². The molecule has 6 nitrogen and oxygen atoms in total. The second-order valence-corrected chi connectivity index (χ2v) is 7.72. The Kier molecular flexibility index (Phi) is 4.79. The molecule has 0 spiro atoms. The first-order chi connectivity index (χ1) is 11.9. The van der Waals surface area contributed by atoms with Gasteiger partial charge in [0.05, 0.1) is 25.0 Å². The molecule has 2 heterocycles. The molecule has 1 unspecified atom stereocenters. The molecule has 0 N–H and O–H groups in total. The lowest BCUT2D eigenvalue weighted by atomic mass is 10.1. The number of benzene rings is 1. The molecule has 136 valence electrons. The molecule has 25 heavy (non-hydrogen) atoms. The summed E-state index contributed by atoms with van der Waals surface area (Å²) in [6, 6.07) is 6.88. The molecule has 1 atom stereocenters. The van der Waals surface area contributed by atoms with Gasteiger partial charge in [0.1, 0.15) is 10.6 Å². The fraction of sp³-hybridized carbons (Fsp3) is 0.438. The highest BCUT2D eigenvalue weighted by Gasteiger charge is 2.38. The molecule has 2 aromatic rings. The number of rotatable bonds is 5. The minimum absolute atomic E-state index is 0.0598. The van der Waals surface area contributed by atoms with Crippen LogP contribution in [0.5, 0.6) is 5.75 Å². The highest BCUT2D eigenvalue weighted by molar-refractivity contribution is 7.89. The monoisotopic (exact) mass is 371 g/mol. The van der Waals surface area contributed by atoms with Gasteiger partial charge in [-0.15, -0.1) is 0 Å². The Hall–Kier alpha value is -2.00.